The highest BCUT2D eigenvalue weighted by molar-refractivity contribution is 5.94. The van der Waals surface area contributed by atoms with Gasteiger partial charge < -0.3 is 19.2 Å². The number of carbonyl (C=O) groups excluding carboxylic acids is 2. The summed E-state index contributed by atoms with van der Waals surface area (Å²) in [5, 5.41) is 2.92. The Hall–Kier alpha value is -2.80. The Morgan fingerprint density at radius 2 is 2.00 bits per heavy atom. The zero-order valence-corrected chi connectivity index (χ0v) is 16.3. The fraction of sp³-hybridized carbons (Fsp3) is 0.429. The maximum atomic E-state index is 12.3. The van der Waals surface area contributed by atoms with Crippen molar-refractivity contribution in [2.45, 2.75) is 25.8 Å². The topological polar surface area (TPSA) is 81.0 Å². The molecular formula is C21H26N2O5. The lowest BCUT2D eigenvalue weighted by molar-refractivity contribution is -0.123. The van der Waals surface area contributed by atoms with Gasteiger partial charge in [0, 0.05) is 12.1 Å². The van der Waals surface area contributed by atoms with Crippen molar-refractivity contribution in [1.82, 2.24) is 10.2 Å². The molecule has 0 radical (unpaired) electrons. The summed E-state index contributed by atoms with van der Waals surface area (Å²) in [7, 11) is 1.50. The average Bonchev–Trinajstić information content (AvgIpc) is 3.41. The van der Waals surface area contributed by atoms with Crippen LogP contribution >= 0.6 is 0 Å². The van der Waals surface area contributed by atoms with Gasteiger partial charge >= 0.3 is 0 Å². The standard InChI is InChI=1S/C21H26N2O5/c1-15(24)16-7-8-19(20(12-16)26-2)28-14-21(25)22-13-17(18-6-5-11-27-18)23-9-3-4-10-23/h5-8,11-12,17H,3-4,9-10,13-14H2,1-2H3,(H,22,25). The van der Waals surface area contributed by atoms with E-state index >= 15 is 0 Å². The number of likely N-dealkylation sites (tertiary alicyclic amines) is 1. The molecule has 28 heavy (non-hydrogen) atoms. The van der Waals surface area contributed by atoms with Crippen molar-refractivity contribution in [1.29, 1.82) is 0 Å². The van der Waals surface area contributed by atoms with E-state index in [-0.39, 0.29) is 24.3 Å². The van der Waals surface area contributed by atoms with E-state index in [1.54, 1.807) is 24.5 Å². The van der Waals surface area contributed by atoms with Crippen LogP contribution in [0.2, 0.25) is 0 Å². The van der Waals surface area contributed by atoms with Crippen LogP contribution in [0.5, 0.6) is 11.5 Å². The number of methoxy groups -OCH3 is 1. The molecule has 7 heteroatoms. The van der Waals surface area contributed by atoms with E-state index in [1.165, 1.54) is 14.0 Å². The van der Waals surface area contributed by atoms with E-state index in [4.69, 9.17) is 13.9 Å². The van der Waals surface area contributed by atoms with Crippen molar-refractivity contribution < 1.29 is 23.5 Å². The first-order valence-corrected chi connectivity index (χ1v) is 9.44. The summed E-state index contributed by atoms with van der Waals surface area (Å²) in [4.78, 5) is 26.1. The summed E-state index contributed by atoms with van der Waals surface area (Å²) in [6.45, 7) is 3.80. The number of Topliss-reactive ketones (excluding diaryl/α,β-unsaturated/α-hetero) is 1. The van der Waals surface area contributed by atoms with Gasteiger partial charge in [-0.3, -0.25) is 14.5 Å². The number of nitrogens with one attached hydrogen (secondary N) is 1. The third kappa shape index (κ3) is 4.92. The summed E-state index contributed by atoms with van der Waals surface area (Å²) in [5.41, 5.74) is 0.528. The molecule has 3 rings (SSSR count). The number of carbonyl (C=O) groups is 2. The molecule has 1 aliphatic rings. The molecule has 2 aromatic rings. The van der Waals surface area contributed by atoms with Crippen LogP contribution in [0.1, 0.15) is 41.9 Å². The summed E-state index contributed by atoms with van der Waals surface area (Å²) in [6, 6.07) is 8.71. The van der Waals surface area contributed by atoms with E-state index in [9.17, 15) is 9.59 Å². The predicted molar refractivity (Wildman–Crippen MR) is 104 cm³/mol. The van der Waals surface area contributed by atoms with Crippen LogP contribution in [-0.2, 0) is 4.79 Å². The van der Waals surface area contributed by atoms with Crippen molar-refractivity contribution in [3.63, 3.8) is 0 Å². The number of ketones is 1. The van der Waals surface area contributed by atoms with Gasteiger partial charge in [-0.05, 0) is 63.2 Å². The fourth-order valence-corrected chi connectivity index (χ4v) is 3.35. The van der Waals surface area contributed by atoms with Crippen LogP contribution in [0.25, 0.3) is 0 Å². The van der Waals surface area contributed by atoms with Gasteiger partial charge in [0.1, 0.15) is 5.76 Å². The molecule has 1 aromatic heterocycles. The normalized spacial score (nSPS) is 15.2. The van der Waals surface area contributed by atoms with Crippen molar-refractivity contribution in [2.75, 3.05) is 33.4 Å². The van der Waals surface area contributed by atoms with Gasteiger partial charge in [-0.1, -0.05) is 0 Å². The third-order valence-corrected chi connectivity index (χ3v) is 4.87. The molecule has 0 spiro atoms. The second kappa shape index (κ2) is 9.41. The smallest absolute Gasteiger partial charge is 0.258 e. The maximum absolute atomic E-state index is 12.3. The summed E-state index contributed by atoms with van der Waals surface area (Å²) >= 11 is 0. The highest BCUT2D eigenvalue weighted by atomic mass is 16.5. The van der Waals surface area contributed by atoms with Crippen molar-refractivity contribution in [3.8, 4) is 11.5 Å². The Morgan fingerprint density at radius 1 is 1.21 bits per heavy atom. The van der Waals surface area contributed by atoms with Gasteiger partial charge in [-0.25, -0.2) is 0 Å². The second-order valence-electron chi connectivity index (χ2n) is 6.79. The minimum absolute atomic E-state index is 0.0193. The van der Waals surface area contributed by atoms with Crippen LogP contribution < -0.4 is 14.8 Å². The molecule has 150 valence electrons. The minimum atomic E-state index is -0.228. The number of hydrogen-bond donors (Lipinski definition) is 1. The lowest BCUT2D eigenvalue weighted by Gasteiger charge is -2.26. The van der Waals surface area contributed by atoms with Gasteiger partial charge in [0.05, 0.1) is 19.4 Å². The maximum Gasteiger partial charge on any atom is 0.258 e. The van der Waals surface area contributed by atoms with Gasteiger partial charge in [-0.15, -0.1) is 0 Å². The second-order valence-corrected chi connectivity index (χ2v) is 6.79. The highest BCUT2D eigenvalue weighted by Crippen LogP contribution is 2.28. The molecular weight excluding hydrogens is 360 g/mol. The van der Waals surface area contributed by atoms with Crippen LogP contribution in [0.15, 0.2) is 41.0 Å². The molecule has 1 saturated heterocycles. The quantitative estimate of drug-likeness (QED) is 0.668. The first kappa shape index (κ1) is 19.9. The Morgan fingerprint density at radius 3 is 2.64 bits per heavy atom. The minimum Gasteiger partial charge on any atom is -0.493 e. The third-order valence-electron chi connectivity index (χ3n) is 4.87. The molecule has 1 N–H and O–H groups in total. The largest absolute Gasteiger partial charge is 0.493 e. The van der Waals surface area contributed by atoms with Crippen molar-refractivity contribution in [3.05, 3.63) is 47.9 Å². The van der Waals surface area contributed by atoms with Gasteiger partial charge in [0.2, 0.25) is 0 Å². The molecule has 1 aromatic carbocycles. The van der Waals surface area contributed by atoms with Crippen molar-refractivity contribution >= 4 is 11.7 Å². The molecule has 0 bridgehead atoms. The van der Waals surface area contributed by atoms with Gasteiger partial charge in [0.25, 0.3) is 5.91 Å². The zero-order valence-electron chi connectivity index (χ0n) is 16.3. The molecule has 1 amide bonds. The van der Waals surface area contributed by atoms with Crippen LogP contribution in [0, 0.1) is 0 Å². The SMILES string of the molecule is COc1cc(C(C)=O)ccc1OCC(=O)NCC(c1ccco1)N1CCCC1. The van der Waals surface area contributed by atoms with Crippen LogP contribution in [0.3, 0.4) is 0 Å². The molecule has 0 aliphatic carbocycles. The zero-order chi connectivity index (χ0) is 19.9. The Bertz CT molecular complexity index is 797. The van der Waals surface area contributed by atoms with Gasteiger partial charge in [0.15, 0.2) is 23.9 Å². The van der Waals surface area contributed by atoms with Gasteiger partial charge in [-0.2, -0.15) is 0 Å². The first-order chi connectivity index (χ1) is 13.6. The van der Waals surface area contributed by atoms with Crippen LogP contribution in [-0.4, -0.2) is 49.9 Å². The molecule has 1 fully saturated rings. The molecule has 7 nitrogen and oxygen atoms in total. The molecule has 2 heterocycles. The summed E-state index contributed by atoms with van der Waals surface area (Å²) < 4.78 is 16.4. The molecule has 0 saturated carbocycles. The summed E-state index contributed by atoms with van der Waals surface area (Å²) in [6.07, 6.45) is 3.97. The lowest BCUT2D eigenvalue weighted by Crippen LogP contribution is -2.38. The number of furan rings is 1. The number of ether oxygens (including phenoxy) is 2. The monoisotopic (exact) mass is 386 g/mol. The molecule has 1 atom stereocenters. The van der Waals surface area contributed by atoms with E-state index in [0.29, 0.717) is 23.6 Å². The lowest BCUT2D eigenvalue weighted by atomic mass is 10.1. The fourth-order valence-electron chi connectivity index (χ4n) is 3.35. The molecule has 1 aliphatic heterocycles. The Balaban J connectivity index is 1.56. The number of hydrogen-bond acceptors (Lipinski definition) is 6. The van der Waals surface area contributed by atoms with E-state index < -0.39 is 0 Å². The number of nitrogens with zero attached hydrogens (tertiary/aromatic N) is 1. The van der Waals surface area contributed by atoms with E-state index in [0.717, 1.165) is 31.7 Å². The predicted octanol–water partition coefficient (Wildman–Crippen LogP) is 2.82. The van der Waals surface area contributed by atoms with E-state index in [1.807, 2.05) is 12.1 Å². The Kier molecular flexibility index (Phi) is 6.71. The molecule has 1 unspecified atom stereocenters. The van der Waals surface area contributed by atoms with Crippen molar-refractivity contribution in [2.24, 2.45) is 0 Å². The number of rotatable bonds is 9. The summed E-state index contributed by atoms with van der Waals surface area (Å²) in [5.74, 6) is 1.40. The number of amides is 1. The number of benzene rings is 1. The Labute approximate surface area is 164 Å². The average molecular weight is 386 g/mol. The van der Waals surface area contributed by atoms with E-state index in [2.05, 4.69) is 10.2 Å². The first-order valence-electron chi connectivity index (χ1n) is 9.44. The van der Waals surface area contributed by atoms with Crippen LogP contribution in [0.4, 0.5) is 0 Å². The highest BCUT2D eigenvalue weighted by Gasteiger charge is 2.26.